The van der Waals surface area contributed by atoms with Crippen LogP contribution in [0.1, 0.15) is 5.56 Å². The Bertz CT molecular complexity index is 975. The lowest BCUT2D eigenvalue weighted by atomic mass is 10.2. The first-order valence-corrected chi connectivity index (χ1v) is 9.76. The van der Waals surface area contributed by atoms with Crippen molar-refractivity contribution < 1.29 is 26.4 Å². The number of nitrogens with one attached hydrogen (secondary N) is 2. The summed E-state index contributed by atoms with van der Waals surface area (Å²) in [5.74, 6) is -0.535. The van der Waals surface area contributed by atoms with Gasteiger partial charge < -0.3 is 10.6 Å². The second-order valence-electron chi connectivity index (χ2n) is 5.58. The van der Waals surface area contributed by atoms with Crippen molar-refractivity contribution in [3.63, 3.8) is 0 Å². The fraction of sp³-hybridized carbons (Fsp3) is 0.167. The maximum Gasteiger partial charge on any atom is 0.417 e. The monoisotopic (exact) mass is 432 g/mol. The van der Waals surface area contributed by atoms with Crippen molar-refractivity contribution in [1.29, 1.82) is 0 Å². The summed E-state index contributed by atoms with van der Waals surface area (Å²) in [5.41, 5.74) is -1.67. The Morgan fingerprint density at radius 2 is 1.79 bits per heavy atom. The van der Waals surface area contributed by atoms with Crippen LogP contribution in [-0.4, -0.2) is 27.4 Å². The van der Waals surface area contributed by atoms with E-state index >= 15 is 0 Å². The molecule has 2 rings (SSSR count). The van der Waals surface area contributed by atoms with E-state index in [0.717, 1.165) is 18.2 Å². The van der Waals surface area contributed by atoms with Gasteiger partial charge in [-0.15, -0.1) is 6.58 Å². The molecule has 0 saturated carbocycles. The predicted octanol–water partition coefficient (Wildman–Crippen LogP) is 3.91. The Kier molecular flexibility index (Phi) is 6.73. The average Bonchev–Trinajstić information content (AvgIpc) is 2.64. The molecule has 0 aliphatic carbocycles. The lowest BCUT2D eigenvalue weighted by Crippen LogP contribution is -2.30. The zero-order chi connectivity index (χ0) is 20.9. The van der Waals surface area contributed by atoms with Gasteiger partial charge in [0.05, 0.1) is 22.7 Å². The minimum atomic E-state index is -4.92. The van der Waals surface area contributed by atoms with Crippen LogP contribution in [0.3, 0.4) is 0 Å². The van der Waals surface area contributed by atoms with Crippen molar-refractivity contribution in [1.82, 2.24) is 5.32 Å². The third kappa shape index (κ3) is 5.05. The molecule has 0 radical (unpaired) electrons. The Hall–Kier alpha value is -2.52. The summed E-state index contributed by atoms with van der Waals surface area (Å²) in [5, 5.41) is 5.14. The Morgan fingerprint density at radius 1 is 1.14 bits per heavy atom. The number of hydrogen-bond donors (Lipinski definition) is 2. The number of amides is 1. The van der Waals surface area contributed by atoms with Crippen LogP contribution < -0.4 is 10.6 Å². The number of anilines is 1. The second kappa shape index (κ2) is 8.66. The van der Waals surface area contributed by atoms with Gasteiger partial charge in [0.25, 0.3) is 0 Å². The molecule has 5 nitrogen and oxygen atoms in total. The first-order valence-electron chi connectivity index (χ1n) is 7.89. The zero-order valence-corrected chi connectivity index (χ0v) is 16.0. The van der Waals surface area contributed by atoms with Gasteiger partial charge in [0.2, 0.25) is 15.7 Å². The number of alkyl halides is 3. The molecular formula is C18H16ClF3N2O3S. The van der Waals surface area contributed by atoms with E-state index in [1.807, 2.05) is 0 Å². The summed E-state index contributed by atoms with van der Waals surface area (Å²) >= 11 is 5.73. The molecule has 1 amide bonds. The topological polar surface area (TPSA) is 75.3 Å². The minimum Gasteiger partial charge on any atom is -0.375 e. The van der Waals surface area contributed by atoms with Crippen LogP contribution in [0.15, 0.2) is 64.9 Å². The number of sulfone groups is 1. The molecule has 0 fully saturated rings. The summed E-state index contributed by atoms with van der Waals surface area (Å²) in [4.78, 5) is 10.4. The molecule has 28 heavy (non-hydrogen) atoms. The van der Waals surface area contributed by atoms with E-state index in [1.54, 1.807) is 0 Å². The Balaban J connectivity index is 2.54. The average molecular weight is 433 g/mol. The Labute approximate surface area is 165 Å². The highest BCUT2D eigenvalue weighted by Gasteiger charge is 2.39. The summed E-state index contributed by atoms with van der Waals surface area (Å²) in [6.45, 7) is 3.17. The van der Waals surface area contributed by atoms with Crippen LogP contribution in [0.4, 0.5) is 18.9 Å². The van der Waals surface area contributed by atoms with E-state index in [0.29, 0.717) is 6.07 Å². The van der Waals surface area contributed by atoms with Crippen LogP contribution in [0.5, 0.6) is 0 Å². The van der Waals surface area contributed by atoms with Gasteiger partial charge in [-0.05, 0) is 36.4 Å². The Morgan fingerprint density at radius 3 is 2.36 bits per heavy atom. The zero-order valence-electron chi connectivity index (χ0n) is 14.4. The van der Waals surface area contributed by atoms with Crippen LogP contribution in [0.25, 0.3) is 0 Å². The van der Waals surface area contributed by atoms with Gasteiger partial charge in [-0.1, -0.05) is 23.7 Å². The van der Waals surface area contributed by atoms with Crippen LogP contribution in [-0.2, 0) is 20.8 Å². The van der Waals surface area contributed by atoms with Crippen molar-refractivity contribution in [3.8, 4) is 0 Å². The summed E-state index contributed by atoms with van der Waals surface area (Å²) < 4.78 is 66.4. The van der Waals surface area contributed by atoms with Crippen LogP contribution in [0, 0.1) is 0 Å². The SMILES string of the molecule is C=CCNC(=O)CNc1cccc(C(F)(F)F)c1S(=O)(=O)c1ccc(Cl)cc1. The molecule has 0 aromatic heterocycles. The van der Waals surface area contributed by atoms with Crippen molar-refractivity contribution >= 4 is 33.0 Å². The highest BCUT2D eigenvalue weighted by Crippen LogP contribution is 2.40. The van der Waals surface area contributed by atoms with Gasteiger partial charge in [-0.25, -0.2) is 8.42 Å². The largest absolute Gasteiger partial charge is 0.417 e. The number of rotatable bonds is 7. The van der Waals surface area contributed by atoms with Gasteiger partial charge in [0.15, 0.2) is 0 Å². The molecule has 0 saturated heterocycles. The van der Waals surface area contributed by atoms with Crippen LogP contribution >= 0.6 is 11.6 Å². The summed E-state index contributed by atoms with van der Waals surface area (Å²) in [6, 6.07) is 7.66. The standard InChI is InChI=1S/C18H16ClF3N2O3S/c1-2-10-23-16(25)11-24-15-5-3-4-14(18(20,21)22)17(15)28(26,27)13-8-6-12(19)7-9-13/h2-9,24H,1,10-11H2,(H,23,25). The van der Waals surface area contributed by atoms with E-state index in [1.165, 1.54) is 24.3 Å². The highest BCUT2D eigenvalue weighted by atomic mass is 35.5. The molecule has 0 atom stereocenters. The molecule has 2 N–H and O–H groups in total. The molecule has 0 heterocycles. The fourth-order valence-corrected chi connectivity index (χ4v) is 4.10. The first kappa shape index (κ1) is 21.8. The number of carbonyl (C=O) groups excluding carboxylic acids is 1. The maximum atomic E-state index is 13.5. The number of hydrogen-bond acceptors (Lipinski definition) is 4. The molecule has 0 aliphatic heterocycles. The molecule has 150 valence electrons. The molecule has 2 aromatic carbocycles. The minimum absolute atomic E-state index is 0.166. The fourth-order valence-electron chi connectivity index (χ4n) is 2.34. The molecule has 0 unspecified atom stereocenters. The predicted molar refractivity (Wildman–Crippen MR) is 100 cm³/mol. The normalized spacial score (nSPS) is 11.7. The molecular weight excluding hydrogens is 417 g/mol. The molecule has 0 spiro atoms. The van der Waals surface area contributed by atoms with E-state index in [9.17, 15) is 26.4 Å². The van der Waals surface area contributed by atoms with Crippen molar-refractivity contribution in [2.75, 3.05) is 18.4 Å². The third-order valence-corrected chi connectivity index (χ3v) is 5.72. The van der Waals surface area contributed by atoms with Gasteiger partial charge in [0.1, 0.15) is 4.90 Å². The molecule has 0 aliphatic rings. The number of halogens is 4. The van der Waals surface area contributed by atoms with Gasteiger partial charge >= 0.3 is 6.18 Å². The number of carbonyl (C=O) groups is 1. The van der Waals surface area contributed by atoms with Gasteiger partial charge in [-0.3, -0.25) is 4.79 Å². The highest BCUT2D eigenvalue weighted by molar-refractivity contribution is 7.91. The first-order chi connectivity index (χ1) is 13.1. The molecule has 0 bridgehead atoms. The second-order valence-corrected chi connectivity index (χ2v) is 7.91. The molecule has 2 aromatic rings. The van der Waals surface area contributed by atoms with E-state index in [4.69, 9.17) is 11.6 Å². The lowest BCUT2D eigenvalue weighted by Gasteiger charge is -2.18. The lowest BCUT2D eigenvalue weighted by molar-refractivity contribution is -0.139. The van der Waals surface area contributed by atoms with E-state index in [-0.39, 0.29) is 22.2 Å². The number of benzene rings is 2. The maximum absolute atomic E-state index is 13.5. The van der Waals surface area contributed by atoms with Crippen molar-refractivity contribution in [2.45, 2.75) is 16.0 Å². The summed E-state index contributed by atoms with van der Waals surface area (Å²) in [6.07, 6.45) is -3.49. The van der Waals surface area contributed by atoms with Crippen molar-refractivity contribution in [3.05, 3.63) is 65.7 Å². The molecule has 10 heteroatoms. The van der Waals surface area contributed by atoms with Crippen molar-refractivity contribution in [2.24, 2.45) is 0 Å². The van der Waals surface area contributed by atoms with E-state index in [2.05, 4.69) is 17.2 Å². The van der Waals surface area contributed by atoms with E-state index < -0.39 is 38.9 Å². The van der Waals surface area contributed by atoms with Crippen LogP contribution in [0.2, 0.25) is 5.02 Å². The van der Waals surface area contributed by atoms with Gasteiger partial charge in [-0.2, -0.15) is 13.2 Å². The third-order valence-electron chi connectivity index (χ3n) is 3.60. The van der Waals surface area contributed by atoms with Gasteiger partial charge in [0, 0.05) is 11.6 Å². The summed E-state index contributed by atoms with van der Waals surface area (Å²) in [7, 11) is -4.55. The quantitative estimate of drug-likeness (QED) is 0.650. The smallest absolute Gasteiger partial charge is 0.375 e.